The second-order valence-corrected chi connectivity index (χ2v) is 7.79. The summed E-state index contributed by atoms with van der Waals surface area (Å²) in [6, 6.07) is 6.99. The first-order chi connectivity index (χ1) is 9.98. The SMILES string of the molecule is CCN(Cc1ccccn1)S(=O)(=O)c1cc(CO)sc1C. The first-order valence-corrected chi connectivity index (χ1v) is 8.85. The van der Waals surface area contributed by atoms with E-state index in [9.17, 15) is 8.42 Å². The summed E-state index contributed by atoms with van der Waals surface area (Å²) in [5.74, 6) is 0. The molecule has 0 atom stereocenters. The maximum Gasteiger partial charge on any atom is 0.244 e. The van der Waals surface area contributed by atoms with Gasteiger partial charge in [-0.05, 0) is 25.1 Å². The van der Waals surface area contributed by atoms with Gasteiger partial charge in [-0.3, -0.25) is 4.98 Å². The van der Waals surface area contributed by atoms with E-state index in [4.69, 9.17) is 5.11 Å². The monoisotopic (exact) mass is 326 g/mol. The van der Waals surface area contributed by atoms with Gasteiger partial charge in [0.05, 0.1) is 23.7 Å². The van der Waals surface area contributed by atoms with E-state index in [1.807, 2.05) is 6.07 Å². The summed E-state index contributed by atoms with van der Waals surface area (Å²) in [5, 5.41) is 9.16. The van der Waals surface area contributed by atoms with E-state index in [0.717, 1.165) is 0 Å². The van der Waals surface area contributed by atoms with E-state index in [-0.39, 0.29) is 18.0 Å². The lowest BCUT2D eigenvalue weighted by atomic mass is 10.3. The fourth-order valence-electron chi connectivity index (χ4n) is 2.04. The van der Waals surface area contributed by atoms with Crippen LogP contribution in [0.5, 0.6) is 0 Å². The number of pyridine rings is 1. The molecule has 0 radical (unpaired) electrons. The number of sulfonamides is 1. The molecule has 0 fully saturated rings. The summed E-state index contributed by atoms with van der Waals surface area (Å²) in [7, 11) is -3.58. The number of hydrogen-bond acceptors (Lipinski definition) is 5. The number of aliphatic hydroxyl groups is 1. The molecule has 0 unspecified atom stereocenters. The van der Waals surface area contributed by atoms with Crippen LogP contribution in [0.15, 0.2) is 35.4 Å². The smallest absolute Gasteiger partial charge is 0.244 e. The fourth-order valence-corrected chi connectivity index (χ4v) is 4.92. The molecule has 0 aliphatic heterocycles. The Hall–Kier alpha value is -1.28. The molecule has 2 heterocycles. The highest BCUT2D eigenvalue weighted by Crippen LogP contribution is 2.28. The van der Waals surface area contributed by atoms with Gasteiger partial charge in [-0.1, -0.05) is 13.0 Å². The summed E-state index contributed by atoms with van der Waals surface area (Å²) in [5.41, 5.74) is 0.707. The summed E-state index contributed by atoms with van der Waals surface area (Å²) in [4.78, 5) is 5.79. The van der Waals surface area contributed by atoms with Crippen molar-refractivity contribution < 1.29 is 13.5 Å². The van der Waals surface area contributed by atoms with E-state index in [2.05, 4.69) is 4.98 Å². The molecule has 1 N–H and O–H groups in total. The molecule has 0 aliphatic rings. The second-order valence-electron chi connectivity index (χ2n) is 4.54. The Morgan fingerprint density at radius 3 is 2.67 bits per heavy atom. The van der Waals surface area contributed by atoms with Crippen molar-refractivity contribution in [2.45, 2.75) is 31.9 Å². The van der Waals surface area contributed by atoms with Crippen LogP contribution in [-0.4, -0.2) is 29.4 Å². The van der Waals surface area contributed by atoms with Gasteiger partial charge in [0.25, 0.3) is 0 Å². The Labute approximate surface area is 128 Å². The van der Waals surface area contributed by atoms with Gasteiger partial charge in [0.1, 0.15) is 0 Å². The maximum atomic E-state index is 12.7. The predicted octanol–water partition coefficient (Wildman–Crippen LogP) is 2.15. The van der Waals surface area contributed by atoms with Crippen LogP contribution in [0.4, 0.5) is 0 Å². The Morgan fingerprint density at radius 2 is 2.14 bits per heavy atom. The Balaban J connectivity index is 2.33. The van der Waals surface area contributed by atoms with Gasteiger partial charge >= 0.3 is 0 Å². The molecule has 2 rings (SSSR count). The second kappa shape index (κ2) is 6.65. The zero-order chi connectivity index (χ0) is 15.5. The largest absolute Gasteiger partial charge is 0.391 e. The third-order valence-corrected chi connectivity index (χ3v) is 6.33. The first kappa shape index (κ1) is 16.1. The molecule has 0 aromatic carbocycles. The van der Waals surface area contributed by atoms with Crippen molar-refractivity contribution in [3.05, 3.63) is 45.9 Å². The molecule has 2 aromatic heterocycles. The predicted molar refractivity (Wildman–Crippen MR) is 82.5 cm³/mol. The van der Waals surface area contributed by atoms with Crippen LogP contribution < -0.4 is 0 Å². The van der Waals surface area contributed by atoms with Crippen molar-refractivity contribution in [2.24, 2.45) is 0 Å². The number of aromatic nitrogens is 1. The fraction of sp³-hybridized carbons (Fsp3) is 0.357. The van der Waals surface area contributed by atoms with Crippen molar-refractivity contribution in [3.63, 3.8) is 0 Å². The minimum atomic E-state index is -3.58. The number of aliphatic hydroxyl groups excluding tert-OH is 1. The van der Waals surface area contributed by atoms with Crippen LogP contribution in [-0.2, 0) is 23.2 Å². The van der Waals surface area contributed by atoms with Crippen LogP contribution in [0, 0.1) is 6.92 Å². The highest BCUT2D eigenvalue weighted by Gasteiger charge is 2.27. The molecule has 21 heavy (non-hydrogen) atoms. The topological polar surface area (TPSA) is 70.5 Å². The average molecular weight is 326 g/mol. The molecular formula is C14H18N2O3S2. The van der Waals surface area contributed by atoms with E-state index < -0.39 is 10.0 Å². The molecule has 2 aromatic rings. The van der Waals surface area contributed by atoms with Gasteiger partial charge in [0.15, 0.2) is 0 Å². The minimum absolute atomic E-state index is 0.145. The van der Waals surface area contributed by atoms with Crippen LogP contribution in [0.2, 0.25) is 0 Å². The zero-order valence-electron chi connectivity index (χ0n) is 12.0. The molecule has 114 valence electrons. The quantitative estimate of drug-likeness (QED) is 0.883. The molecule has 5 nitrogen and oxygen atoms in total. The molecule has 0 saturated carbocycles. The number of aryl methyl sites for hydroxylation is 1. The molecule has 0 bridgehead atoms. The van der Waals surface area contributed by atoms with Crippen LogP contribution in [0.1, 0.15) is 22.4 Å². The normalized spacial score (nSPS) is 12.0. The van der Waals surface area contributed by atoms with Gasteiger partial charge in [0, 0.05) is 22.5 Å². The molecule has 0 saturated heterocycles. The van der Waals surface area contributed by atoms with Crippen molar-refractivity contribution >= 4 is 21.4 Å². The summed E-state index contributed by atoms with van der Waals surface area (Å²) < 4.78 is 26.9. The van der Waals surface area contributed by atoms with E-state index in [1.165, 1.54) is 15.6 Å². The minimum Gasteiger partial charge on any atom is -0.391 e. The maximum absolute atomic E-state index is 12.7. The van der Waals surface area contributed by atoms with Crippen LogP contribution >= 0.6 is 11.3 Å². The average Bonchev–Trinajstić information content (AvgIpc) is 2.87. The zero-order valence-corrected chi connectivity index (χ0v) is 13.6. The van der Waals surface area contributed by atoms with Gasteiger partial charge in [-0.2, -0.15) is 4.31 Å². The van der Waals surface area contributed by atoms with Crippen molar-refractivity contribution in [1.29, 1.82) is 0 Å². The Bertz CT molecular complexity index is 696. The third-order valence-electron chi connectivity index (χ3n) is 3.11. The molecular weight excluding hydrogens is 308 g/mol. The Morgan fingerprint density at radius 1 is 1.38 bits per heavy atom. The lowest BCUT2D eigenvalue weighted by molar-refractivity contribution is 0.285. The van der Waals surface area contributed by atoms with Crippen molar-refractivity contribution in [3.8, 4) is 0 Å². The molecule has 0 spiro atoms. The van der Waals surface area contributed by atoms with Crippen molar-refractivity contribution in [1.82, 2.24) is 9.29 Å². The molecule has 7 heteroatoms. The third kappa shape index (κ3) is 3.49. The van der Waals surface area contributed by atoms with E-state index >= 15 is 0 Å². The molecule has 0 aliphatic carbocycles. The highest BCUT2D eigenvalue weighted by atomic mass is 32.2. The number of thiophene rings is 1. The summed E-state index contributed by atoms with van der Waals surface area (Å²) in [6.07, 6.45) is 1.65. The number of nitrogens with zero attached hydrogens (tertiary/aromatic N) is 2. The van der Waals surface area contributed by atoms with Gasteiger partial charge in [0.2, 0.25) is 10.0 Å². The summed E-state index contributed by atoms with van der Waals surface area (Å²) >= 11 is 1.30. The lowest BCUT2D eigenvalue weighted by Crippen LogP contribution is -2.30. The number of hydrogen-bond donors (Lipinski definition) is 1. The number of rotatable bonds is 6. The highest BCUT2D eigenvalue weighted by molar-refractivity contribution is 7.89. The summed E-state index contributed by atoms with van der Waals surface area (Å²) in [6.45, 7) is 4.01. The Kier molecular flexibility index (Phi) is 5.10. The van der Waals surface area contributed by atoms with Crippen molar-refractivity contribution in [2.75, 3.05) is 6.54 Å². The standard InChI is InChI=1S/C14H18N2O3S2/c1-3-16(9-12-6-4-5-7-15-12)21(18,19)14-8-13(10-17)20-11(14)2/h4-8,17H,3,9-10H2,1-2H3. The van der Waals surface area contributed by atoms with E-state index in [0.29, 0.717) is 22.0 Å². The van der Waals surface area contributed by atoms with Crippen LogP contribution in [0.3, 0.4) is 0 Å². The van der Waals surface area contributed by atoms with Gasteiger partial charge in [-0.25, -0.2) is 8.42 Å². The van der Waals surface area contributed by atoms with Gasteiger partial charge < -0.3 is 5.11 Å². The van der Waals surface area contributed by atoms with Crippen LogP contribution in [0.25, 0.3) is 0 Å². The molecule has 0 amide bonds. The van der Waals surface area contributed by atoms with Gasteiger partial charge in [-0.15, -0.1) is 11.3 Å². The lowest BCUT2D eigenvalue weighted by Gasteiger charge is -2.20. The first-order valence-electron chi connectivity index (χ1n) is 6.59. The van der Waals surface area contributed by atoms with E-state index in [1.54, 1.807) is 38.2 Å².